The van der Waals surface area contributed by atoms with Crippen LogP contribution in [0.2, 0.25) is 0 Å². The molecule has 0 aromatic rings. The first-order chi connectivity index (χ1) is 20.7. The molecule has 0 saturated carbocycles. The molecule has 0 bridgehead atoms. The molecule has 4 fully saturated rings. The van der Waals surface area contributed by atoms with Gasteiger partial charge in [0.2, 0.25) is 0 Å². The van der Waals surface area contributed by atoms with Gasteiger partial charge in [0, 0.05) is 0 Å². The zero-order valence-electron chi connectivity index (χ0n) is 23.3. The van der Waals surface area contributed by atoms with E-state index < -0.39 is 143 Å². The van der Waals surface area contributed by atoms with Gasteiger partial charge >= 0.3 is 0 Å². The maximum Gasteiger partial charge on any atom is 0.187 e. The largest absolute Gasteiger partial charge is 0.394 e. The first-order valence-corrected chi connectivity index (χ1v) is 14.0. The van der Waals surface area contributed by atoms with Crippen molar-refractivity contribution in [1.82, 2.24) is 0 Å². The Morgan fingerprint density at radius 2 is 0.932 bits per heavy atom. The smallest absolute Gasteiger partial charge is 0.187 e. The van der Waals surface area contributed by atoms with Gasteiger partial charge in [-0.15, -0.1) is 0 Å². The van der Waals surface area contributed by atoms with Crippen LogP contribution in [0.5, 0.6) is 0 Å². The fourth-order valence-corrected chi connectivity index (χ4v) is 5.39. The Morgan fingerprint density at radius 1 is 0.455 bits per heavy atom. The lowest BCUT2D eigenvalue weighted by Gasteiger charge is -2.48. The Bertz CT molecular complexity index is 898. The van der Waals surface area contributed by atoms with Crippen LogP contribution in [0.3, 0.4) is 0 Å². The molecule has 4 rings (SSSR count). The van der Waals surface area contributed by atoms with Crippen molar-refractivity contribution >= 4 is 0 Å². The second-order valence-corrected chi connectivity index (χ2v) is 11.2. The molecule has 0 spiro atoms. The molecule has 0 radical (unpaired) electrons. The molecule has 13 N–H and O–H groups in total. The van der Waals surface area contributed by atoms with Crippen molar-refractivity contribution in [1.29, 1.82) is 0 Å². The van der Waals surface area contributed by atoms with E-state index in [9.17, 15) is 66.4 Å². The van der Waals surface area contributed by atoms with Crippen LogP contribution in [0.25, 0.3) is 0 Å². The number of hydrogen-bond acceptors (Lipinski definition) is 20. The number of aliphatic hydroxyl groups is 13. The van der Waals surface area contributed by atoms with Crippen LogP contribution >= 0.6 is 0 Å². The average Bonchev–Trinajstić information content (AvgIpc) is 3.00. The molecule has 4 aliphatic rings. The highest BCUT2D eigenvalue weighted by atomic mass is 16.8. The first-order valence-electron chi connectivity index (χ1n) is 14.0. The lowest BCUT2D eigenvalue weighted by Crippen LogP contribution is -2.66. The van der Waals surface area contributed by atoms with Crippen molar-refractivity contribution in [2.45, 2.75) is 130 Å². The highest BCUT2D eigenvalue weighted by molar-refractivity contribution is 4.96. The van der Waals surface area contributed by atoms with Crippen molar-refractivity contribution < 1.29 is 99.5 Å². The van der Waals surface area contributed by atoms with E-state index in [1.165, 1.54) is 6.92 Å². The normalized spacial score (nSPS) is 53.9. The van der Waals surface area contributed by atoms with Gasteiger partial charge in [-0.2, -0.15) is 0 Å². The number of hydrogen-bond donors (Lipinski definition) is 13. The third-order valence-electron chi connectivity index (χ3n) is 8.14. The Hall–Kier alpha value is -0.800. The van der Waals surface area contributed by atoms with Gasteiger partial charge in [0.1, 0.15) is 91.6 Å². The lowest BCUT2D eigenvalue weighted by molar-refractivity contribution is -0.380. The molecule has 258 valence electrons. The Morgan fingerprint density at radius 3 is 1.52 bits per heavy atom. The van der Waals surface area contributed by atoms with Crippen molar-refractivity contribution in [3.05, 3.63) is 0 Å². The molecule has 44 heavy (non-hydrogen) atoms. The lowest BCUT2D eigenvalue weighted by atomic mass is 9.96. The minimum atomic E-state index is -2.01. The van der Waals surface area contributed by atoms with Gasteiger partial charge in [0.25, 0.3) is 0 Å². The predicted octanol–water partition coefficient (Wildman–Crippen LogP) is -8.72. The third kappa shape index (κ3) is 7.19. The molecule has 4 aliphatic heterocycles. The monoisotopic (exact) mass is 650 g/mol. The topological polar surface area (TPSA) is 328 Å². The van der Waals surface area contributed by atoms with Crippen LogP contribution in [0.4, 0.5) is 0 Å². The highest BCUT2D eigenvalue weighted by Gasteiger charge is 2.54. The molecule has 0 amide bonds. The molecule has 1 unspecified atom stereocenters. The highest BCUT2D eigenvalue weighted by Crippen LogP contribution is 2.33. The van der Waals surface area contributed by atoms with Gasteiger partial charge in [0.05, 0.1) is 25.9 Å². The number of rotatable bonds is 9. The molecule has 20 nitrogen and oxygen atoms in total. The molecule has 0 aromatic heterocycles. The number of aliphatic hydroxyl groups excluding tert-OH is 13. The van der Waals surface area contributed by atoms with Gasteiger partial charge in [-0.1, -0.05) is 0 Å². The summed E-state index contributed by atoms with van der Waals surface area (Å²) in [6.45, 7) is -0.879. The molecular formula is C24H42O20. The zero-order chi connectivity index (χ0) is 32.6. The second kappa shape index (κ2) is 15.0. The van der Waals surface area contributed by atoms with E-state index in [4.69, 9.17) is 33.2 Å². The summed E-state index contributed by atoms with van der Waals surface area (Å²) in [7, 11) is 0. The van der Waals surface area contributed by atoms with E-state index in [1.54, 1.807) is 0 Å². The summed E-state index contributed by atoms with van der Waals surface area (Å²) in [6, 6.07) is 0. The van der Waals surface area contributed by atoms with Gasteiger partial charge in [-0.3, -0.25) is 0 Å². The predicted molar refractivity (Wildman–Crippen MR) is 132 cm³/mol. The summed E-state index contributed by atoms with van der Waals surface area (Å²) in [5, 5.41) is 132. The Labute approximate surface area is 249 Å². The van der Waals surface area contributed by atoms with E-state index in [0.717, 1.165) is 0 Å². The van der Waals surface area contributed by atoms with Gasteiger partial charge in [0.15, 0.2) is 25.2 Å². The third-order valence-corrected chi connectivity index (χ3v) is 8.14. The average molecular weight is 651 g/mol. The Kier molecular flexibility index (Phi) is 12.3. The second-order valence-electron chi connectivity index (χ2n) is 11.2. The van der Waals surface area contributed by atoms with Crippen LogP contribution in [-0.2, 0) is 33.2 Å². The standard InChI is InChI=1S/C24H42O20/c1-5-9(27)11(29)16(34)22(39-5)38-4-8-20(13(31)15(33)21(37)40-8)44-24-18(36)14(32)19(7(3-26)42-24)43-23-17(35)12(30)10(28)6(2-25)41-23/h5-37H,2-4H2,1H3/t5-,6+,7+,8+,9-,10+,11+,12-,13+,14+,15+,16+,17+,18+,19+,20+,21?,22+,23+,24+/m0/s1. The van der Waals surface area contributed by atoms with E-state index in [1.807, 2.05) is 0 Å². The van der Waals surface area contributed by atoms with Crippen molar-refractivity contribution in [3.8, 4) is 0 Å². The van der Waals surface area contributed by atoms with E-state index in [2.05, 4.69) is 0 Å². The fraction of sp³-hybridized carbons (Fsp3) is 1.00. The van der Waals surface area contributed by atoms with Crippen LogP contribution in [0.15, 0.2) is 0 Å². The minimum Gasteiger partial charge on any atom is -0.394 e. The van der Waals surface area contributed by atoms with Crippen molar-refractivity contribution in [2.75, 3.05) is 19.8 Å². The van der Waals surface area contributed by atoms with Crippen LogP contribution in [-0.4, -0.2) is 209 Å². The molecule has 20 heteroatoms. The Balaban J connectivity index is 1.45. The maximum absolute atomic E-state index is 10.9. The number of ether oxygens (including phenoxy) is 7. The van der Waals surface area contributed by atoms with Crippen molar-refractivity contribution in [2.24, 2.45) is 0 Å². The maximum atomic E-state index is 10.9. The summed E-state index contributed by atoms with van der Waals surface area (Å²) < 4.78 is 38.0. The van der Waals surface area contributed by atoms with Gasteiger partial charge < -0.3 is 99.5 Å². The van der Waals surface area contributed by atoms with E-state index >= 15 is 0 Å². The van der Waals surface area contributed by atoms with E-state index in [0.29, 0.717) is 0 Å². The van der Waals surface area contributed by atoms with Crippen LogP contribution in [0.1, 0.15) is 6.92 Å². The fourth-order valence-electron chi connectivity index (χ4n) is 5.39. The zero-order valence-corrected chi connectivity index (χ0v) is 23.3. The summed E-state index contributed by atoms with van der Waals surface area (Å²) in [5.74, 6) is 0. The summed E-state index contributed by atoms with van der Waals surface area (Å²) in [6.07, 6.45) is -33.7. The van der Waals surface area contributed by atoms with Crippen LogP contribution in [0, 0.1) is 0 Å². The van der Waals surface area contributed by atoms with Crippen LogP contribution < -0.4 is 0 Å². The van der Waals surface area contributed by atoms with Gasteiger partial charge in [-0.25, -0.2) is 0 Å². The first kappa shape index (κ1) is 36.0. The summed E-state index contributed by atoms with van der Waals surface area (Å²) in [5.41, 5.74) is 0. The summed E-state index contributed by atoms with van der Waals surface area (Å²) in [4.78, 5) is 0. The molecule has 4 heterocycles. The molecule has 20 atom stereocenters. The molecular weight excluding hydrogens is 608 g/mol. The van der Waals surface area contributed by atoms with Gasteiger partial charge in [-0.05, 0) is 6.92 Å². The minimum absolute atomic E-state index is 0.625. The SMILES string of the molecule is C[C@@H]1O[C@@H](OC[C@H]2OC(O)[C@H](O)[C@@H](O)[C@@H]2O[C@H]2O[C@H](CO)[C@@H](O[C@H]3O[C@H](CO)[C@@H](O)[C@H](O)[C@H]3O)[C@H](O)[C@H]2O)[C@H](O)[C@H](O)[C@H]1O. The quantitative estimate of drug-likeness (QED) is 0.110. The van der Waals surface area contributed by atoms with E-state index in [-0.39, 0.29) is 0 Å². The molecule has 0 aromatic carbocycles. The van der Waals surface area contributed by atoms with Crippen molar-refractivity contribution in [3.63, 3.8) is 0 Å². The molecule has 0 aliphatic carbocycles. The molecule has 4 saturated heterocycles. The summed E-state index contributed by atoms with van der Waals surface area (Å²) >= 11 is 0.